The molecule has 0 saturated carbocycles. The number of aliphatic imine (C=N–C) groups is 1. The lowest BCUT2D eigenvalue weighted by Gasteiger charge is -2.31. The molecule has 30 heavy (non-hydrogen) atoms. The monoisotopic (exact) mass is 404 g/mol. The third kappa shape index (κ3) is 3.70. The van der Waals surface area contributed by atoms with Crippen molar-refractivity contribution in [3.8, 4) is 0 Å². The van der Waals surface area contributed by atoms with Gasteiger partial charge in [0.1, 0.15) is 6.04 Å². The van der Waals surface area contributed by atoms with Crippen molar-refractivity contribution in [3.63, 3.8) is 0 Å². The van der Waals surface area contributed by atoms with Crippen LogP contribution in [0.25, 0.3) is 0 Å². The summed E-state index contributed by atoms with van der Waals surface area (Å²) in [6.45, 7) is 9.28. The van der Waals surface area contributed by atoms with Crippen molar-refractivity contribution in [2.75, 3.05) is 24.5 Å². The zero-order valence-corrected chi connectivity index (χ0v) is 18.0. The average Bonchev–Trinajstić information content (AvgIpc) is 3.20. The lowest BCUT2D eigenvalue weighted by molar-refractivity contribution is -0.908. The van der Waals surface area contributed by atoms with E-state index in [2.05, 4.69) is 6.92 Å². The maximum Gasteiger partial charge on any atom is 0.265 e. The van der Waals surface area contributed by atoms with E-state index in [1.54, 1.807) is 17.2 Å². The molecule has 0 bridgehead atoms. The first-order chi connectivity index (χ1) is 14.5. The number of carbonyl (C=O) groups is 2. The number of carbonyl (C=O) groups excluding carboxylic acids is 2. The van der Waals surface area contributed by atoms with E-state index in [0.717, 1.165) is 29.8 Å². The molecule has 0 aromatic heterocycles. The van der Waals surface area contributed by atoms with Crippen LogP contribution in [0.3, 0.4) is 0 Å². The second-order valence-electron chi connectivity index (χ2n) is 8.43. The fourth-order valence-electron chi connectivity index (χ4n) is 4.67. The molecule has 0 spiro atoms. The lowest BCUT2D eigenvalue weighted by atomic mass is 9.88. The van der Waals surface area contributed by atoms with Crippen LogP contribution >= 0.6 is 0 Å². The highest BCUT2D eigenvalue weighted by molar-refractivity contribution is 6.29. The molecule has 2 unspecified atom stereocenters. The van der Waals surface area contributed by atoms with Crippen LogP contribution in [0.4, 0.5) is 5.69 Å². The molecule has 1 N–H and O–H groups in total. The van der Waals surface area contributed by atoms with Crippen LogP contribution in [0.15, 0.2) is 47.5 Å². The molecule has 2 aromatic carbocycles. The van der Waals surface area contributed by atoms with E-state index >= 15 is 0 Å². The fourth-order valence-corrected chi connectivity index (χ4v) is 4.67. The molecule has 5 nitrogen and oxygen atoms in total. The highest BCUT2D eigenvalue weighted by atomic mass is 16.2. The number of imide groups is 1. The molecule has 156 valence electrons. The molecule has 5 heteroatoms. The average molecular weight is 405 g/mol. The van der Waals surface area contributed by atoms with Gasteiger partial charge in [0, 0.05) is 24.6 Å². The van der Waals surface area contributed by atoms with Crippen LogP contribution in [0.2, 0.25) is 0 Å². The number of hydrogen-bond donors (Lipinski definition) is 1. The van der Waals surface area contributed by atoms with Crippen molar-refractivity contribution in [2.45, 2.75) is 45.6 Å². The predicted octanol–water partition coefficient (Wildman–Crippen LogP) is 2.71. The number of nitrogens with one attached hydrogen (secondary N) is 1. The summed E-state index contributed by atoms with van der Waals surface area (Å²) in [4.78, 5) is 34.3. The number of rotatable bonds is 5. The summed E-state index contributed by atoms with van der Waals surface area (Å²) in [5.41, 5.74) is 4.14. The second-order valence-corrected chi connectivity index (χ2v) is 8.43. The quantitative estimate of drug-likeness (QED) is 0.615. The zero-order valence-electron chi connectivity index (χ0n) is 18.0. The van der Waals surface area contributed by atoms with Gasteiger partial charge < -0.3 is 4.90 Å². The Bertz CT molecular complexity index is 998. The Morgan fingerprint density at radius 1 is 1.13 bits per heavy atom. The highest BCUT2D eigenvalue weighted by Crippen LogP contribution is 2.32. The van der Waals surface area contributed by atoms with Crippen LogP contribution in [0, 0.1) is 13.8 Å². The Kier molecular flexibility index (Phi) is 5.82. The number of aryl methyl sites for hydroxylation is 2. The van der Waals surface area contributed by atoms with Crippen LogP contribution < -0.4 is 9.80 Å². The highest BCUT2D eigenvalue weighted by Gasteiger charge is 2.39. The topological polar surface area (TPSA) is 54.2 Å². The van der Waals surface area contributed by atoms with Gasteiger partial charge >= 0.3 is 0 Å². The zero-order chi connectivity index (χ0) is 21.3. The number of fused-ring (bicyclic) bond motifs is 1. The van der Waals surface area contributed by atoms with Gasteiger partial charge in [0.05, 0.1) is 31.2 Å². The maximum absolute atomic E-state index is 13.5. The van der Waals surface area contributed by atoms with E-state index in [-0.39, 0.29) is 11.8 Å². The van der Waals surface area contributed by atoms with Crippen LogP contribution in [0.1, 0.15) is 52.7 Å². The van der Waals surface area contributed by atoms with Gasteiger partial charge in [0.2, 0.25) is 5.91 Å². The third-order valence-corrected chi connectivity index (χ3v) is 6.63. The number of likely N-dealkylation sites (tertiary alicyclic amines) is 1. The normalized spacial score (nSPS) is 24.0. The van der Waals surface area contributed by atoms with E-state index in [1.807, 2.05) is 50.2 Å². The molecule has 0 aliphatic carbocycles. The van der Waals surface area contributed by atoms with E-state index in [4.69, 9.17) is 4.99 Å². The van der Waals surface area contributed by atoms with Crippen molar-refractivity contribution in [1.29, 1.82) is 0 Å². The molecule has 1 saturated heterocycles. The Hall–Kier alpha value is -2.79. The van der Waals surface area contributed by atoms with Gasteiger partial charge in [-0.1, -0.05) is 24.3 Å². The van der Waals surface area contributed by atoms with Crippen molar-refractivity contribution in [3.05, 3.63) is 64.7 Å². The van der Waals surface area contributed by atoms with Gasteiger partial charge in [-0.3, -0.25) is 14.6 Å². The molecule has 2 heterocycles. The molecule has 2 aliphatic heterocycles. The number of hydrogen-bond acceptors (Lipinski definition) is 3. The van der Waals surface area contributed by atoms with E-state index in [0.29, 0.717) is 17.3 Å². The van der Waals surface area contributed by atoms with Crippen molar-refractivity contribution in [1.82, 2.24) is 0 Å². The summed E-state index contributed by atoms with van der Waals surface area (Å²) < 4.78 is 0. The first kappa shape index (κ1) is 20.5. The summed E-state index contributed by atoms with van der Waals surface area (Å²) in [6, 6.07) is 13.6. The molecule has 3 atom stereocenters. The minimum Gasteiger partial charge on any atom is -0.331 e. The molecule has 2 aromatic rings. The SMILES string of the molecule is CC[NH+]1CCC[C@H]1CN=CC1C(=O)N(c2ccc(C)c(C)c2)C(=O)c2ccccc21. The Balaban J connectivity index is 1.66. The van der Waals surface area contributed by atoms with Gasteiger partial charge in [-0.25, -0.2) is 4.90 Å². The Morgan fingerprint density at radius 3 is 2.70 bits per heavy atom. The molecule has 2 amide bonds. The van der Waals surface area contributed by atoms with Gasteiger partial charge in [-0.05, 0) is 55.7 Å². The summed E-state index contributed by atoms with van der Waals surface area (Å²) in [7, 11) is 0. The van der Waals surface area contributed by atoms with E-state index in [1.165, 1.54) is 24.3 Å². The van der Waals surface area contributed by atoms with Gasteiger partial charge in [-0.15, -0.1) is 0 Å². The molecule has 4 rings (SSSR count). The molecular formula is C25H30N3O2+. The molecular weight excluding hydrogens is 374 g/mol. The first-order valence-electron chi connectivity index (χ1n) is 10.9. The standard InChI is InChI=1S/C25H29N3O2/c1-4-27-13-7-8-20(27)15-26-16-23-21-9-5-6-10-22(21)24(29)28(25(23)30)19-12-11-17(2)18(3)14-19/h5-6,9-12,14,16,20,23H,4,7-8,13,15H2,1-3H3/p+1/t20-,23?/m0/s1. The summed E-state index contributed by atoms with van der Waals surface area (Å²) in [5, 5.41) is 0. The smallest absolute Gasteiger partial charge is 0.265 e. The molecule has 1 fully saturated rings. The summed E-state index contributed by atoms with van der Waals surface area (Å²) >= 11 is 0. The molecule has 0 radical (unpaired) electrons. The lowest BCUT2D eigenvalue weighted by Crippen LogP contribution is -3.13. The van der Waals surface area contributed by atoms with Gasteiger partial charge in [0.15, 0.2) is 0 Å². The number of likely N-dealkylation sites (N-methyl/N-ethyl adjacent to an activating group) is 1. The van der Waals surface area contributed by atoms with Crippen molar-refractivity contribution in [2.24, 2.45) is 4.99 Å². The van der Waals surface area contributed by atoms with Crippen LogP contribution in [-0.4, -0.2) is 43.7 Å². The minimum absolute atomic E-state index is 0.225. The number of nitrogens with zero attached hydrogens (tertiary/aromatic N) is 2. The number of quaternary nitrogens is 1. The second kappa shape index (κ2) is 8.52. The number of benzene rings is 2. The van der Waals surface area contributed by atoms with Gasteiger partial charge in [-0.2, -0.15) is 0 Å². The maximum atomic E-state index is 13.5. The first-order valence-corrected chi connectivity index (χ1v) is 10.9. The summed E-state index contributed by atoms with van der Waals surface area (Å²) in [5.74, 6) is -1.02. The largest absolute Gasteiger partial charge is 0.331 e. The Morgan fingerprint density at radius 2 is 1.93 bits per heavy atom. The number of anilines is 1. The fraction of sp³-hybridized carbons (Fsp3) is 0.400. The molecule has 2 aliphatic rings. The van der Waals surface area contributed by atoms with E-state index in [9.17, 15) is 9.59 Å². The van der Waals surface area contributed by atoms with Crippen molar-refractivity contribution >= 4 is 23.7 Å². The summed E-state index contributed by atoms with van der Waals surface area (Å²) in [6.07, 6.45) is 4.19. The van der Waals surface area contributed by atoms with Gasteiger partial charge in [0.25, 0.3) is 5.91 Å². The minimum atomic E-state index is -0.535. The predicted molar refractivity (Wildman–Crippen MR) is 120 cm³/mol. The van der Waals surface area contributed by atoms with Crippen molar-refractivity contribution < 1.29 is 14.5 Å². The van der Waals surface area contributed by atoms with Crippen LogP contribution in [-0.2, 0) is 4.79 Å². The number of amides is 2. The van der Waals surface area contributed by atoms with E-state index < -0.39 is 5.92 Å². The third-order valence-electron chi connectivity index (χ3n) is 6.63. The van der Waals surface area contributed by atoms with Crippen LogP contribution in [0.5, 0.6) is 0 Å². The Labute approximate surface area is 178 Å².